The fourth-order valence-corrected chi connectivity index (χ4v) is 8.46. The van der Waals surface area contributed by atoms with Crippen LogP contribution in [0, 0.1) is 0 Å². The lowest BCUT2D eigenvalue weighted by atomic mass is 10.0. The third-order valence-electron chi connectivity index (χ3n) is 12.4. The Kier molecular flexibility index (Phi) is 48.3. The van der Waals surface area contributed by atoms with E-state index in [0.717, 1.165) is 70.6 Å². The lowest BCUT2D eigenvalue weighted by molar-refractivity contribution is -0.150. The Morgan fingerprint density at radius 2 is 0.717 bits per heavy atom. The topological polar surface area (TPSA) is 92.7 Å². The highest BCUT2D eigenvalue weighted by atomic mass is 16.5. The Balaban J connectivity index is 4.02. The molecule has 0 rings (SSSR count). The number of carboxylic acids is 1. The van der Waals surface area contributed by atoms with Crippen LogP contribution < -0.4 is 5.32 Å². The molecule has 0 radical (unpaired) electrons. The average Bonchev–Trinajstić information content (AvgIpc) is 3.24. The molecule has 0 aromatic heterocycles. The highest BCUT2D eigenvalue weighted by Gasteiger charge is 2.14. The zero-order valence-electron chi connectivity index (χ0n) is 40.3. The fourth-order valence-electron chi connectivity index (χ4n) is 8.46. The number of carbonyl (C=O) groups excluding carboxylic acids is 2. The molecule has 6 heteroatoms. The van der Waals surface area contributed by atoms with Crippen molar-refractivity contribution in [2.75, 3.05) is 6.54 Å². The number of allylic oxidation sites excluding steroid dienone is 2. The molecule has 0 aromatic carbocycles. The number of rotatable bonds is 50. The van der Waals surface area contributed by atoms with Crippen molar-refractivity contribution < 1.29 is 24.2 Å². The van der Waals surface area contributed by atoms with Gasteiger partial charge in [0, 0.05) is 12.8 Å². The summed E-state index contributed by atoms with van der Waals surface area (Å²) in [5.74, 6) is -1.22. The standard InChI is InChI=1S/C54H103NO5/c1-3-5-7-9-11-13-15-17-19-20-21-22-23-24-25-26-28-30-32-34-36-41-45-49-54(59)60-51(47-43-39-37-40-44-48-52(56)55-50-53(57)58)46-42-38-35-33-31-29-27-18-16-14-12-10-8-6-4-2/h29,31,51H,3-28,30,32-50H2,1-2H3,(H,55,56)(H,57,58)/b31-29-. The Bertz CT molecular complexity index is 935. The minimum absolute atomic E-state index is 0.0141. The van der Waals surface area contributed by atoms with Crippen molar-refractivity contribution in [3.63, 3.8) is 0 Å². The van der Waals surface area contributed by atoms with Gasteiger partial charge < -0.3 is 15.2 Å². The summed E-state index contributed by atoms with van der Waals surface area (Å²) < 4.78 is 6.07. The van der Waals surface area contributed by atoms with E-state index in [1.54, 1.807) is 0 Å². The van der Waals surface area contributed by atoms with Gasteiger partial charge in [-0.2, -0.15) is 0 Å². The lowest BCUT2D eigenvalue weighted by Crippen LogP contribution is -2.28. The van der Waals surface area contributed by atoms with Crippen LogP contribution in [0.5, 0.6) is 0 Å². The highest BCUT2D eigenvalue weighted by Crippen LogP contribution is 2.19. The van der Waals surface area contributed by atoms with Gasteiger partial charge in [0.15, 0.2) is 0 Å². The van der Waals surface area contributed by atoms with E-state index in [0.29, 0.717) is 12.8 Å². The number of aliphatic carboxylic acids is 1. The molecule has 6 nitrogen and oxygen atoms in total. The molecule has 1 unspecified atom stereocenters. The van der Waals surface area contributed by atoms with Crippen molar-refractivity contribution in [1.82, 2.24) is 5.32 Å². The van der Waals surface area contributed by atoms with E-state index in [1.165, 1.54) is 205 Å². The van der Waals surface area contributed by atoms with Gasteiger partial charge in [-0.15, -0.1) is 0 Å². The van der Waals surface area contributed by atoms with E-state index in [2.05, 4.69) is 31.3 Å². The van der Waals surface area contributed by atoms with Gasteiger partial charge in [-0.1, -0.05) is 238 Å². The summed E-state index contributed by atoms with van der Waals surface area (Å²) in [6, 6.07) is 0. The summed E-state index contributed by atoms with van der Waals surface area (Å²) in [5.41, 5.74) is 0. The number of carboxylic acid groups (broad SMARTS) is 1. The summed E-state index contributed by atoms with van der Waals surface area (Å²) in [5, 5.41) is 11.1. The van der Waals surface area contributed by atoms with Crippen molar-refractivity contribution in [3.8, 4) is 0 Å². The minimum atomic E-state index is -1.01. The molecule has 0 saturated heterocycles. The Morgan fingerprint density at radius 1 is 0.417 bits per heavy atom. The molecule has 0 aliphatic heterocycles. The van der Waals surface area contributed by atoms with Crippen LogP contribution in [-0.4, -0.2) is 35.6 Å². The third kappa shape index (κ3) is 48.8. The Hall–Kier alpha value is -1.85. The van der Waals surface area contributed by atoms with Gasteiger partial charge in [-0.25, -0.2) is 0 Å². The number of hydrogen-bond donors (Lipinski definition) is 2. The average molecular weight is 846 g/mol. The summed E-state index contributed by atoms with van der Waals surface area (Å²) >= 11 is 0. The maximum absolute atomic E-state index is 12.9. The molecule has 0 aromatic rings. The molecular formula is C54H103NO5. The molecule has 0 saturated carbocycles. The lowest BCUT2D eigenvalue weighted by Gasteiger charge is -2.18. The largest absolute Gasteiger partial charge is 0.480 e. The number of amides is 1. The Morgan fingerprint density at radius 3 is 1.08 bits per heavy atom. The van der Waals surface area contributed by atoms with Crippen LogP contribution in [0.4, 0.5) is 0 Å². The first kappa shape index (κ1) is 58.1. The second-order valence-corrected chi connectivity index (χ2v) is 18.5. The number of hydrogen-bond acceptors (Lipinski definition) is 4. The summed E-state index contributed by atoms with van der Waals surface area (Å²) in [6.07, 6.45) is 60.8. The molecule has 0 aliphatic rings. The van der Waals surface area contributed by atoms with E-state index in [1.807, 2.05) is 0 Å². The van der Waals surface area contributed by atoms with E-state index in [4.69, 9.17) is 9.84 Å². The Labute approximate surface area is 373 Å². The van der Waals surface area contributed by atoms with Gasteiger partial charge >= 0.3 is 11.9 Å². The fraction of sp³-hybridized carbons (Fsp3) is 0.907. The molecule has 2 N–H and O–H groups in total. The predicted molar refractivity (Wildman–Crippen MR) is 259 cm³/mol. The maximum atomic E-state index is 12.9. The highest BCUT2D eigenvalue weighted by molar-refractivity contribution is 5.80. The first-order valence-corrected chi connectivity index (χ1v) is 26.8. The van der Waals surface area contributed by atoms with Crippen LogP contribution >= 0.6 is 0 Å². The summed E-state index contributed by atoms with van der Waals surface area (Å²) in [6.45, 7) is 4.26. The van der Waals surface area contributed by atoms with Crippen LogP contribution in [0.1, 0.15) is 303 Å². The molecule has 0 heterocycles. The molecule has 0 fully saturated rings. The van der Waals surface area contributed by atoms with E-state index >= 15 is 0 Å². The van der Waals surface area contributed by atoms with Crippen molar-refractivity contribution in [1.29, 1.82) is 0 Å². The second-order valence-electron chi connectivity index (χ2n) is 18.5. The van der Waals surface area contributed by atoms with Crippen molar-refractivity contribution in [2.24, 2.45) is 0 Å². The van der Waals surface area contributed by atoms with Gasteiger partial charge in [-0.05, 0) is 64.2 Å². The van der Waals surface area contributed by atoms with Gasteiger partial charge in [0.1, 0.15) is 12.6 Å². The minimum Gasteiger partial charge on any atom is -0.480 e. The molecular weight excluding hydrogens is 743 g/mol. The molecule has 1 atom stereocenters. The monoisotopic (exact) mass is 846 g/mol. The summed E-state index contributed by atoms with van der Waals surface area (Å²) in [7, 11) is 0. The third-order valence-corrected chi connectivity index (χ3v) is 12.4. The van der Waals surface area contributed by atoms with Crippen LogP contribution in [0.2, 0.25) is 0 Å². The number of nitrogens with one attached hydrogen (secondary N) is 1. The number of carbonyl (C=O) groups is 3. The SMILES string of the molecule is CCCCCCCCCC/C=C\CCCCCC(CCCCCCCC(=O)NCC(=O)O)OC(=O)CCCCCCCCCCCCCCCCCCCCCCCCC. The van der Waals surface area contributed by atoms with Crippen LogP contribution in [0.15, 0.2) is 12.2 Å². The number of unbranched alkanes of at least 4 members (excludes halogenated alkanes) is 37. The molecule has 0 bridgehead atoms. The quantitative estimate of drug-likeness (QED) is 0.0361. The van der Waals surface area contributed by atoms with E-state index in [-0.39, 0.29) is 24.5 Å². The van der Waals surface area contributed by atoms with E-state index < -0.39 is 5.97 Å². The maximum Gasteiger partial charge on any atom is 0.322 e. The van der Waals surface area contributed by atoms with Crippen molar-refractivity contribution in [3.05, 3.63) is 12.2 Å². The van der Waals surface area contributed by atoms with Gasteiger partial charge in [0.05, 0.1) is 0 Å². The zero-order valence-corrected chi connectivity index (χ0v) is 40.3. The summed E-state index contributed by atoms with van der Waals surface area (Å²) in [4.78, 5) is 35.2. The first-order chi connectivity index (χ1) is 29.5. The number of ether oxygens (including phenoxy) is 1. The van der Waals surface area contributed by atoms with E-state index in [9.17, 15) is 14.4 Å². The van der Waals surface area contributed by atoms with Crippen LogP contribution in [0.3, 0.4) is 0 Å². The van der Waals surface area contributed by atoms with Gasteiger partial charge in [-0.3, -0.25) is 14.4 Å². The van der Waals surface area contributed by atoms with Crippen molar-refractivity contribution >= 4 is 17.8 Å². The van der Waals surface area contributed by atoms with Gasteiger partial charge in [0.2, 0.25) is 5.91 Å². The zero-order chi connectivity index (χ0) is 43.7. The molecule has 0 aliphatic carbocycles. The smallest absolute Gasteiger partial charge is 0.322 e. The molecule has 0 spiro atoms. The van der Waals surface area contributed by atoms with Gasteiger partial charge in [0.25, 0.3) is 0 Å². The molecule has 1 amide bonds. The van der Waals surface area contributed by atoms with Crippen LogP contribution in [0.25, 0.3) is 0 Å². The number of esters is 1. The second kappa shape index (κ2) is 49.8. The molecule has 354 valence electrons. The predicted octanol–water partition coefficient (Wildman–Crippen LogP) is 17.2. The van der Waals surface area contributed by atoms with Crippen molar-refractivity contribution in [2.45, 2.75) is 309 Å². The normalized spacial score (nSPS) is 12.0. The molecule has 60 heavy (non-hydrogen) atoms. The van der Waals surface area contributed by atoms with Crippen LogP contribution in [-0.2, 0) is 19.1 Å². The first-order valence-electron chi connectivity index (χ1n) is 26.8.